The molecule has 0 atom stereocenters. The van der Waals surface area contributed by atoms with Gasteiger partial charge in [-0.2, -0.15) is 0 Å². The number of nitrogens with zero attached hydrogens (tertiary/aromatic N) is 2. The third kappa shape index (κ3) is 6.41. The van der Waals surface area contributed by atoms with Crippen molar-refractivity contribution in [2.45, 2.75) is 29.3 Å². The Morgan fingerprint density at radius 1 is 1.26 bits per heavy atom. The van der Waals surface area contributed by atoms with E-state index in [2.05, 4.69) is 15.6 Å². The molecule has 0 unspecified atom stereocenters. The third-order valence-corrected chi connectivity index (χ3v) is 5.19. The zero-order valence-corrected chi connectivity index (χ0v) is 16.1. The van der Waals surface area contributed by atoms with Gasteiger partial charge in [0.1, 0.15) is 0 Å². The number of hydrogen-bond donors (Lipinski definition) is 2. The first kappa shape index (κ1) is 19.4. The first-order valence-corrected chi connectivity index (χ1v) is 9.85. The van der Waals surface area contributed by atoms with Crippen LogP contribution in [0.25, 0.3) is 0 Å². The Labute approximate surface area is 162 Å². The van der Waals surface area contributed by atoms with Crippen molar-refractivity contribution in [2.24, 2.45) is 13.0 Å². The molecule has 0 spiro atoms. The van der Waals surface area contributed by atoms with Crippen LogP contribution in [-0.2, 0) is 21.4 Å². The van der Waals surface area contributed by atoms with E-state index in [1.54, 1.807) is 18.3 Å². The maximum atomic E-state index is 11.9. The van der Waals surface area contributed by atoms with Gasteiger partial charge in [-0.3, -0.25) is 9.59 Å². The maximum Gasteiger partial charge on any atom is 0.313 e. The minimum absolute atomic E-state index is 0.427. The lowest BCUT2D eigenvalue weighted by Crippen LogP contribution is -2.36. The summed E-state index contributed by atoms with van der Waals surface area (Å²) >= 11 is 1.53. The van der Waals surface area contributed by atoms with Crippen LogP contribution in [0.1, 0.15) is 19.3 Å². The van der Waals surface area contributed by atoms with Crippen molar-refractivity contribution in [2.75, 3.05) is 25.1 Å². The molecular formula is C19H24N4O3S. The number of aryl methyl sites for hydroxylation is 1. The van der Waals surface area contributed by atoms with E-state index < -0.39 is 11.8 Å². The van der Waals surface area contributed by atoms with E-state index in [0.29, 0.717) is 25.3 Å². The van der Waals surface area contributed by atoms with E-state index >= 15 is 0 Å². The Balaban J connectivity index is 1.36. The Hall–Kier alpha value is -2.32. The van der Waals surface area contributed by atoms with Gasteiger partial charge in [0.05, 0.1) is 0 Å². The van der Waals surface area contributed by atoms with Gasteiger partial charge in [-0.1, -0.05) is 11.8 Å². The number of carbonyl (C=O) groups is 2. The molecule has 8 heteroatoms. The average molecular weight is 388 g/mol. The number of anilines is 1. The topological polar surface area (TPSA) is 85.2 Å². The molecule has 3 rings (SSSR count). The van der Waals surface area contributed by atoms with Crippen LogP contribution in [0.15, 0.2) is 46.7 Å². The second-order valence-electron chi connectivity index (χ2n) is 6.53. The molecule has 2 amide bonds. The van der Waals surface area contributed by atoms with Gasteiger partial charge in [0, 0.05) is 49.8 Å². The molecule has 0 saturated heterocycles. The molecule has 0 aliphatic heterocycles. The van der Waals surface area contributed by atoms with Gasteiger partial charge in [-0.15, -0.1) is 0 Å². The van der Waals surface area contributed by atoms with Gasteiger partial charge in [-0.25, -0.2) is 4.98 Å². The quantitative estimate of drug-likeness (QED) is 0.509. The van der Waals surface area contributed by atoms with Crippen molar-refractivity contribution in [3.8, 4) is 0 Å². The van der Waals surface area contributed by atoms with Crippen molar-refractivity contribution >= 4 is 29.3 Å². The standard InChI is InChI=1S/C19H24N4O3S/c1-23-11-10-21-19(23)27-16-7-5-15(6-8-16)22-18(25)17(24)20-9-2-12-26-13-14-3-4-14/h5-8,10-11,14H,2-4,9,12-13H2,1H3,(H,20,24)(H,22,25). The number of nitrogens with one attached hydrogen (secondary N) is 2. The molecule has 1 aromatic heterocycles. The number of carbonyl (C=O) groups excluding carboxylic acids is 2. The monoisotopic (exact) mass is 388 g/mol. The molecule has 1 aliphatic rings. The number of amides is 2. The second kappa shape index (κ2) is 9.57. The van der Waals surface area contributed by atoms with E-state index in [1.807, 2.05) is 29.9 Å². The fraction of sp³-hybridized carbons (Fsp3) is 0.421. The van der Waals surface area contributed by atoms with Gasteiger partial charge >= 0.3 is 11.8 Å². The largest absolute Gasteiger partial charge is 0.381 e. The van der Waals surface area contributed by atoms with Gasteiger partial charge in [-0.05, 0) is 49.4 Å². The Morgan fingerprint density at radius 2 is 2.04 bits per heavy atom. The molecule has 27 heavy (non-hydrogen) atoms. The normalized spacial score (nSPS) is 13.4. The highest BCUT2D eigenvalue weighted by Crippen LogP contribution is 2.28. The van der Waals surface area contributed by atoms with Crippen molar-refractivity contribution in [1.82, 2.24) is 14.9 Å². The van der Waals surface area contributed by atoms with Crippen LogP contribution < -0.4 is 10.6 Å². The first-order chi connectivity index (χ1) is 13.1. The Morgan fingerprint density at radius 3 is 2.70 bits per heavy atom. The minimum atomic E-state index is -0.668. The SMILES string of the molecule is Cn1ccnc1Sc1ccc(NC(=O)C(=O)NCCCOCC2CC2)cc1. The summed E-state index contributed by atoms with van der Waals surface area (Å²) in [6, 6.07) is 7.29. The molecule has 1 heterocycles. The summed E-state index contributed by atoms with van der Waals surface area (Å²) in [6.45, 7) is 1.84. The molecule has 0 radical (unpaired) electrons. The number of rotatable bonds is 9. The zero-order chi connectivity index (χ0) is 19.1. The molecule has 1 aliphatic carbocycles. The summed E-state index contributed by atoms with van der Waals surface area (Å²) in [6.07, 6.45) is 6.85. The summed E-state index contributed by atoms with van der Waals surface area (Å²) < 4.78 is 7.42. The third-order valence-electron chi connectivity index (χ3n) is 4.11. The van der Waals surface area contributed by atoms with E-state index in [1.165, 1.54) is 24.6 Å². The van der Waals surface area contributed by atoms with Crippen molar-refractivity contribution < 1.29 is 14.3 Å². The van der Waals surface area contributed by atoms with Crippen molar-refractivity contribution in [1.29, 1.82) is 0 Å². The van der Waals surface area contributed by atoms with E-state index in [9.17, 15) is 9.59 Å². The van der Waals surface area contributed by atoms with Gasteiger partial charge < -0.3 is 19.9 Å². The number of benzene rings is 1. The number of aromatic nitrogens is 2. The summed E-state index contributed by atoms with van der Waals surface area (Å²) in [4.78, 5) is 29.0. The average Bonchev–Trinajstić information content (AvgIpc) is 3.41. The van der Waals surface area contributed by atoms with Crippen molar-refractivity contribution in [3.63, 3.8) is 0 Å². The smallest absolute Gasteiger partial charge is 0.313 e. The fourth-order valence-corrected chi connectivity index (χ4v) is 3.14. The number of imidazole rings is 1. The molecule has 1 saturated carbocycles. The van der Waals surface area contributed by atoms with Crippen LogP contribution in [0.2, 0.25) is 0 Å². The zero-order valence-electron chi connectivity index (χ0n) is 15.3. The minimum Gasteiger partial charge on any atom is -0.381 e. The lowest BCUT2D eigenvalue weighted by Gasteiger charge is -2.08. The van der Waals surface area contributed by atoms with Crippen LogP contribution in [0, 0.1) is 5.92 Å². The van der Waals surface area contributed by atoms with E-state index in [0.717, 1.165) is 22.6 Å². The summed E-state index contributed by atoms with van der Waals surface area (Å²) in [5.74, 6) is -0.569. The number of hydrogen-bond acceptors (Lipinski definition) is 5. The van der Waals surface area contributed by atoms with E-state index in [4.69, 9.17) is 4.74 Å². The second-order valence-corrected chi connectivity index (χ2v) is 7.57. The van der Waals surface area contributed by atoms with Crippen LogP contribution in [0.4, 0.5) is 5.69 Å². The lowest BCUT2D eigenvalue weighted by atomic mass is 10.3. The predicted molar refractivity (Wildman–Crippen MR) is 104 cm³/mol. The van der Waals surface area contributed by atoms with Crippen LogP contribution in [0.5, 0.6) is 0 Å². The van der Waals surface area contributed by atoms with Crippen LogP contribution in [0.3, 0.4) is 0 Å². The highest BCUT2D eigenvalue weighted by molar-refractivity contribution is 7.99. The molecule has 2 N–H and O–H groups in total. The lowest BCUT2D eigenvalue weighted by molar-refractivity contribution is -0.136. The Bertz CT molecular complexity index is 772. The van der Waals surface area contributed by atoms with Crippen LogP contribution in [-0.4, -0.2) is 41.1 Å². The maximum absolute atomic E-state index is 11.9. The molecular weight excluding hydrogens is 364 g/mol. The molecule has 0 bridgehead atoms. The van der Waals surface area contributed by atoms with Gasteiger partial charge in [0.15, 0.2) is 5.16 Å². The molecule has 1 fully saturated rings. The fourth-order valence-electron chi connectivity index (χ4n) is 2.34. The van der Waals surface area contributed by atoms with Crippen molar-refractivity contribution in [3.05, 3.63) is 36.7 Å². The molecule has 144 valence electrons. The molecule has 7 nitrogen and oxygen atoms in total. The highest BCUT2D eigenvalue weighted by atomic mass is 32.2. The van der Waals surface area contributed by atoms with E-state index in [-0.39, 0.29) is 0 Å². The Kier molecular flexibility index (Phi) is 6.89. The van der Waals surface area contributed by atoms with Gasteiger partial charge in [0.25, 0.3) is 0 Å². The summed E-state index contributed by atoms with van der Waals surface area (Å²) in [5, 5.41) is 6.09. The predicted octanol–water partition coefficient (Wildman–Crippen LogP) is 2.44. The van der Waals surface area contributed by atoms with Gasteiger partial charge in [0.2, 0.25) is 0 Å². The van der Waals surface area contributed by atoms with Crippen LogP contribution >= 0.6 is 11.8 Å². The molecule has 2 aromatic rings. The highest BCUT2D eigenvalue weighted by Gasteiger charge is 2.20. The first-order valence-electron chi connectivity index (χ1n) is 9.04. The number of ether oxygens (including phenoxy) is 1. The summed E-state index contributed by atoms with van der Waals surface area (Å²) in [7, 11) is 1.93. The molecule has 1 aromatic carbocycles. The summed E-state index contributed by atoms with van der Waals surface area (Å²) in [5.41, 5.74) is 0.576.